The summed E-state index contributed by atoms with van der Waals surface area (Å²) in [5.41, 5.74) is 1.51. The number of thioether (sulfide) groups is 1. The van der Waals surface area contributed by atoms with Gasteiger partial charge >= 0.3 is 0 Å². The van der Waals surface area contributed by atoms with Crippen LogP contribution in [-0.4, -0.2) is 30.9 Å². The number of thiazole rings is 1. The van der Waals surface area contributed by atoms with E-state index in [1.807, 2.05) is 28.1 Å². The second kappa shape index (κ2) is 7.37. The average Bonchev–Trinajstić information content (AvgIpc) is 3.45. The van der Waals surface area contributed by atoms with Crippen molar-refractivity contribution in [2.75, 3.05) is 6.79 Å². The first-order valence-corrected chi connectivity index (χ1v) is 10.6. The molecule has 146 valence electrons. The summed E-state index contributed by atoms with van der Waals surface area (Å²) in [7, 11) is 0. The highest BCUT2D eigenvalue weighted by Gasteiger charge is 2.19. The molecule has 4 aromatic rings. The Morgan fingerprint density at radius 1 is 1.24 bits per heavy atom. The molecule has 0 N–H and O–H groups in total. The summed E-state index contributed by atoms with van der Waals surface area (Å²) in [6.45, 7) is 4.62. The fourth-order valence-corrected chi connectivity index (χ4v) is 4.62. The van der Waals surface area contributed by atoms with Gasteiger partial charge in [0.1, 0.15) is 0 Å². The molecule has 0 fully saturated rings. The van der Waals surface area contributed by atoms with E-state index in [4.69, 9.17) is 9.47 Å². The van der Waals surface area contributed by atoms with Crippen LogP contribution in [0.25, 0.3) is 16.3 Å². The first-order valence-electron chi connectivity index (χ1n) is 8.75. The van der Waals surface area contributed by atoms with Crippen molar-refractivity contribution < 1.29 is 9.47 Å². The van der Waals surface area contributed by atoms with Gasteiger partial charge in [0, 0.05) is 35.5 Å². The molecule has 1 aliphatic heterocycles. The van der Waals surface area contributed by atoms with Gasteiger partial charge in [0.25, 0.3) is 5.56 Å². The normalized spacial score (nSPS) is 12.6. The number of benzene rings is 1. The Kier molecular flexibility index (Phi) is 4.57. The van der Waals surface area contributed by atoms with Crippen LogP contribution in [-0.2, 0) is 12.3 Å². The summed E-state index contributed by atoms with van der Waals surface area (Å²) < 4.78 is 14.4. The zero-order valence-corrected chi connectivity index (χ0v) is 16.8. The highest BCUT2D eigenvalue weighted by atomic mass is 32.2. The first-order chi connectivity index (χ1) is 14.2. The van der Waals surface area contributed by atoms with Gasteiger partial charge in [-0.1, -0.05) is 17.8 Å². The predicted octanol–water partition coefficient (Wildman–Crippen LogP) is 3.22. The van der Waals surface area contributed by atoms with Crippen LogP contribution in [0, 0.1) is 0 Å². The summed E-state index contributed by atoms with van der Waals surface area (Å²) in [4.78, 5) is 17.4. The molecule has 0 amide bonds. The molecule has 8 nitrogen and oxygen atoms in total. The number of ether oxygens (including phenoxy) is 2. The summed E-state index contributed by atoms with van der Waals surface area (Å²) in [5, 5.41) is 11.3. The third-order valence-electron chi connectivity index (χ3n) is 4.36. The van der Waals surface area contributed by atoms with Crippen molar-refractivity contribution in [3.8, 4) is 22.9 Å². The van der Waals surface area contributed by atoms with E-state index in [1.165, 1.54) is 27.5 Å². The van der Waals surface area contributed by atoms with Crippen molar-refractivity contribution in [1.82, 2.24) is 24.1 Å². The van der Waals surface area contributed by atoms with E-state index in [-0.39, 0.29) is 12.4 Å². The lowest BCUT2D eigenvalue weighted by Gasteiger charge is -2.08. The van der Waals surface area contributed by atoms with Crippen LogP contribution in [0.5, 0.6) is 11.5 Å². The molecule has 29 heavy (non-hydrogen) atoms. The Morgan fingerprint density at radius 2 is 2.14 bits per heavy atom. The minimum atomic E-state index is -0.0829. The van der Waals surface area contributed by atoms with Crippen LogP contribution >= 0.6 is 23.1 Å². The Balaban J connectivity index is 1.44. The molecule has 0 atom stereocenters. The van der Waals surface area contributed by atoms with Gasteiger partial charge in [-0.25, -0.2) is 4.98 Å². The van der Waals surface area contributed by atoms with Crippen LogP contribution in [0.15, 0.2) is 58.4 Å². The van der Waals surface area contributed by atoms with Gasteiger partial charge in [-0.3, -0.25) is 13.8 Å². The van der Waals surface area contributed by atoms with Gasteiger partial charge in [-0.15, -0.1) is 28.1 Å². The largest absolute Gasteiger partial charge is 0.454 e. The molecule has 3 aromatic heterocycles. The van der Waals surface area contributed by atoms with Crippen molar-refractivity contribution in [2.24, 2.45) is 0 Å². The van der Waals surface area contributed by atoms with E-state index < -0.39 is 0 Å². The summed E-state index contributed by atoms with van der Waals surface area (Å²) in [5.74, 6) is 2.64. The predicted molar refractivity (Wildman–Crippen MR) is 111 cm³/mol. The van der Waals surface area contributed by atoms with Crippen molar-refractivity contribution in [2.45, 2.75) is 17.5 Å². The van der Waals surface area contributed by atoms with Crippen LogP contribution in [0.4, 0.5) is 0 Å². The van der Waals surface area contributed by atoms with Crippen LogP contribution in [0.1, 0.15) is 5.69 Å². The molecule has 0 spiro atoms. The van der Waals surface area contributed by atoms with Crippen LogP contribution in [0.2, 0.25) is 0 Å². The molecule has 4 heterocycles. The number of hydrogen-bond acceptors (Lipinski definition) is 8. The number of allylic oxidation sites excluding steroid dienone is 1. The highest BCUT2D eigenvalue weighted by Crippen LogP contribution is 2.36. The van der Waals surface area contributed by atoms with Gasteiger partial charge in [0.15, 0.2) is 27.4 Å². The molecule has 0 bridgehead atoms. The standard InChI is InChI=1S/C19H15N5O3S2/c1-2-5-24-17(12-3-4-14-15(8-12)27-11-26-14)21-22-19(24)29-10-13-9-16(25)23-6-7-28-18(23)20-13/h2-4,6-9H,1,5,10-11H2. The second-order valence-corrected chi connectivity index (χ2v) is 8.02. The maximum atomic E-state index is 12.2. The lowest BCUT2D eigenvalue weighted by molar-refractivity contribution is 0.174. The number of rotatable bonds is 6. The summed E-state index contributed by atoms with van der Waals surface area (Å²) in [6, 6.07) is 7.25. The molecule has 5 rings (SSSR count). The van der Waals surface area contributed by atoms with E-state index in [0.29, 0.717) is 34.5 Å². The molecule has 0 saturated heterocycles. The zero-order chi connectivity index (χ0) is 19.8. The van der Waals surface area contributed by atoms with Crippen LogP contribution in [0.3, 0.4) is 0 Å². The Bertz CT molecular complexity index is 1280. The van der Waals surface area contributed by atoms with Gasteiger partial charge < -0.3 is 9.47 Å². The fourth-order valence-electron chi connectivity index (χ4n) is 3.04. The average molecular weight is 425 g/mol. The summed E-state index contributed by atoms with van der Waals surface area (Å²) >= 11 is 2.91. The van der Waals surface area contributed by atoms with Crippen molar-refractivity contribution in [3.05, 3.63) is 64.5 Å². The topological polar surface area (TPSA) is 83.5 Å². The number of fused-ring (bicyclic) bond motifs is 2. The molecule has 1 aliphatic rings. The van der Waals surface area contributed by atoms with Crippen molar-refractivity contribution in [3.63, 3.8) is 0 Å². The first kappa shape index (κ1) is 18.0. The molecule has 0 saturated carbocycles. The third kappa shape index (κ3) is 3.30. The molecule has 1 aromatic carbocycles. The minimum absolute atomic E-state index is 0.0829. The van der Waals surface area contributed by atoms with E-state index >= 15 is 0 Å². The monoisotopic (exact) mass is 425 g/mol. The second-order valence-electron chi connectivity index (χ2n) is 6.20. The van der Waals surface area contributed by atoms with Crippen molar-refractivity contribution >= 4 is 28.1 Å². The Labute approximate surface area is 173 Å². The van der Waals surface area contributed by atoms with E-state index in [0.717, 1.165) is 16.5 Å². The number of nitrogens with zero attached hydrogens (tertiary/aromatic N) is 5. The molecule has 10 heteroatoms. The molecular formula is C19H15N5O3S2. The van der Waals surface area contributed by atoms with E-state index in [1.54, 1.807) is 18.3 Å². The Morgan fingerprint density at radius 3 is 3.03 bits per heavy atom. The number of aromatic nitrogens is 5. The lowest BCUT2D eigenvalue weighted by atomic mass is 10.2. The molecule has 0 radical (unpaired) electrons. The maximum Gasteiger partial charge on any atom is 0.258 e. The smallest absolute Gasteiger partial charge is 0.258 e. The van der Waals surface area contributed by atoms with Crippen LogP contribution < -0.4 is 15.0 Å². The third-order valence-corrected chi connectivity index (χ3v) is 6.12. The highest BCUT2D eigenvalue weighted by molar-refractivity contribution is 7.98. The zero-order valence-electron chi connectivity index (χ0n) is 15.1. The fraction of sp³-hybridized carbons (Fsp3) is 0.158. The van der Waals surface area contributed by atoms with Crippen molar-refractivity contribution in [1.29, 1.82) is 0 Å². The van der Waals surface area contributed by atoms with E-state index in [2.05, 4.69) is 21.8 Å². The quantitative estimate of drug-likeness (QED) is 0.346. The van der Waals surface area contributed by atoms with Gasteiger partial charge in [0.05, 0.1) is 5.69 Å². The number of hydrogen-bond donors (Lipinski definition) is 0. The molecule has 0 aliphatic carbocycles. The van der Waals surface area contributed by atoms with Gasteiger partial charge in [-0.05, 0) is 18.2 Å². The maximum absolute atomic E-state index is 12.2. The Hall–Kier alpha value is -3.11. The SMILES string of the molecule is C=CCn1c(SCc2cc(=O)n3ccsc3n2)nnc1-c1ccc2c(c1)OCO2. The summed E-state index contributed by atoms with van der Waals surface area (Å²) in [6.07, 6.45) is 3.52. The van der Waals surface area contributed by atoms with Gasteiger partial charge in [0.2, 0.25) is 6.79 Å². The minimum Gasteiger partial charge on any atom is -0.454 e. The van der Waals surface area contributed by atoms with E-state index in [9.17, 15) is 4.79 Å². The molecule has 0 unspecified atom stereocenters. The molecular weight excluding hydrogens is 410 g/mol. The van der Waals surface area contributed by atoms with Gasteiger partial charge in [-0.2, -0.15) is 0 Å². The lowest BCUT2D eigenvalue weighted by Crippen LogP contribution is -2.12.